The highest BCUT2D eigenvalue weighted by atomic mass is 19.4. The normalized spacial score (nSPS) is 11.1. The van der Waals surface area contributed by atoms with Gasteiger partial charge in [0.2, 0.25) is 0 Å². The Morgan fingerprint density at radius 2 is 2.00 bits per heavy atom. The lowest BCUT2D eigenvalue weighted by Crippen LogP contribution is -2.10. The summed E-state index contributed by atoms with van der Waals surface area (Å²) < 4.78 is 36.8. The number of hydrogen-bond donors (Lipinski definition) is 0. The molecule has 0 atom stereocenters. The molecule has 1 aromatic carbocycles. The molecule has 0 bridgehead atoms. The molecule has 0 N–H and O–H groups in total. The maximum atomic E-state index is 12.3. The van der Waals surface area contributed by atoms with E-state index in [0.717, 1.165) is 12.1 Å². The lowest BCUT2D eigenvalue weighted by molar-refractivity contribution is -0.137. The average Bonchev–Trinajstić information content (AvgIpc) is 2.15. The van der Waals surface area contributed by atoms with Crippen LogP contribution in [0.3, 0.4) is 0 Å². The van der Waals surface area contributed by atoms with Crippen molar-refractivity contribution in [1.29, 1.82) is 0 Å². The van der Waals surface area contributed by atoms with Gasteiger partial charge in [-0.05, 0) is 18.2 Å². The van der Waals surface area contributed by atoms with E-state index in [1.165, 1.54) is 24.2 Å². The van der Waals surface area contributed by atoms with E-state index >= 15 is 0 Å². The van der Waals surface area contributed by atoms with E-state index in [9.17, 15) is 13.2 Å². The number of nitrogens with zero attached hydrogens (tertiary/aromatic N) is 2. The number of rotatable bonds is 2. The molecule has 2 nitrogen and oxygen atoms in total. The third kappa shape index (κ3) is 2.25. The topological polar surface area (TPSA) is 15.6 Å². The predicted molar refractivity (Wildman–Crippen MR) is 49.4 cm³/mol. The molecule has 0 amide bonds. The van der Waals surface area contributed by atoms with Crippen molar-refractivity contribution in [2.24, 2.45) is 5.10 Å². The lowest BCUT2D eigenvalue weighted by Gasteiger charge is -2.14. The quantitative estimate of drug-likeness (QED) is 0.531. The summed E-state index contributed by atoms with van der Waals surface area (Å²) in [6.07, 6.45) is -4.32. The van der Waals surface area contributed by atoms with E-state index < -0.39 is 11.7 Å². The Hall–Kier alpha value is -1.52. The highest BCUT2D eigenvalue weighted by Gasteiger charge is 2.30. The zero-order valence-corrected chi connectivity index (χ0v) is 7.54. The van der Waals surface area contributed by atoms with Gasteiger partial charge in [0.25, 0.3) is 0 Å². The molecule has 5 heteroatoms. The number of anilines is 1. The van der Waals surface area contributed by atoms with Crippen LogP contribution in [0.2, 0.25) is 0 Å². The molecule has 0 aliphatic carbocycles. The molecular weight excluding hydrogens is 193 g/mol. The van der Waals surface area contributed by atoms with E-state index in [0.29, 0.717) is 5.69 Å². The van der Waals surface area contributed by atoms with Gasteiger partial charge in [0, 0.05) is 13.8 Å². The van der Waals surface area contributed by atoms with Gasteiger partial charge < -0.3 is 0 Å². The second-order valence-corrected chi connectivity index (χ2v) is 2.71. The van der Waals surface area contributed by atoms with Gasteiger partial charge >= 0.3 is 6.18 Å². The summed E-state index contributed by atoms with van der Waals surface area (Å²) in [5.41, 5.74) is -0.333. The van der Waals surface area contributed by atoms with Crippen LogP contribution < -0.4 is 5.01 Å². The molecule has 1 aromatic rings. The summed E-state index contributed by atoms with van der Waals surface area (Å²) in [7, 11) is 1.53. The molecule has 0 saturated carbocycles. The van der Waals surface area contributed by atoms with Crippen molar-refractivity contribution in [2.75, 3.05) is 12.1 Å². The summed E-state index contributed by atoms with van der Waals surface area (Å²) in [6.45, 7) is 3.22. The monoisotopic (exact) mass is 202 g/mol. The highest BCUT2D eigenvalue weighted by Crippen LogP contribution is 2.31. The van der Waals surface area contributed by atoms with E-state index in [2.05, 4.69) is 11.8 Å². The minimum absolute atomic E-state index is 0.356. The number of hydrazone groups is 1. The van der Waals surface area contributed by atoms with Crippen molar-refractivity contribution in [3.05, 3.63) is 29.8 Å². The smallest absolute Gasteiger partial charge is 0.269 e. The molecule has 0 unspecified atom stereocenters. The third-order valence-electron chi connectivity index (χ3n) is 1.76. The SMILES string of the molecule is C=NN(C)c1cccc(C(F)(F)F)c1. The Labute approximate surface area is 79.6 Å². The van der Waals surface area contributed by atoms with Crippen molar-refractivity contribution in [3.8, 4) is 0 Å². The molecule has 76 valence electrons. The van der Waals surface area contributed by atoms with E-state index in [-0.39, 0.29) is 0 Å². The van der Waals surface area contributed by atoms with Gasteiger partial charge in [0.15, 0.2) is 0 Å². The molecule has 0 radical (unpaired) electrons. The summed E-state index contributed by atoms with van der Waals surface area (Å²) in [6, 6.07) is 4.90. The van der Waals surface area contributed by atoms with Crippen LogP contribution in [0.5, 0.6) is 0 Å². The van der Waals surface area contributed by atoms with Crippen LogP contribution in [0.4, 0.5) is 18.9 Å². The summed E-state index contributed by atoms with van der Waals surface area (Å²) in [5, 5.41) is 4.77. The van der Waals surface area contributed by atoms with Crippen molar-refractivity contribution in [3.63, 3.8) is 0 Å². The first-order valence-electron chi connectivity index (χ1n) is 3.83. The molecule has 0 heterocycles. The zero-order valence-electron chi connectivity index (χ0n) is 7.54. The molecule has 0 aliphatic heterocycles. The molecule has 0 spiro atoms. The Bertz CT molecular complexity index is 333. The lowest BCUT2D eigenvalue weighted by atomic mass is 10.2. The van der Waals surface area contributed by atoms with Gasteiger partial charge in [0.1, 0.15) is 0 Å². The second-order valence-electron chi connectivity index (χ2n) is 2.71. The Balaban J connectivity index is 3.07. The standard InChI is InChI=1S/C9H9F3N2/c1-13-14(2)8-5-3-4-7(6-8)9(10,11)12/h3-6H,1H2,2H3. The van der Waals surface area contributed by atoms with E-state index in [1.54, 1.807) is 0 Å². The van der Waals surface area contributed by atoms with Crippen molar-refractivity contribution in [2.45, 2.75) is 6.18 Å². The zero-order chi connectivity index (χ0) is 10.8. The Kier molecular flexibility index (Phi) is 2.78. The van der Waals surface area contributed by atoms with Crippen LogP contribution in [0, 0.1) is 0 Å². The first-order chi connectivity index (χ1) is 6.45. The van der Waals surface area contributed by atoms with Gasteiger partial charge in [0.05, 0.1) is 11.3 Å². The van der Waals surface area contributed by atoms with Crippen LogP contribution in [0.15, 0.2) is 29.4 Å². The fourth-order valence-corrected chi connectivity index (χ4v) is 0.965. The summed E-state index contributed by atoms with van der Waals surface area (Å²) in [4.78, 5) is 0. The van der Waals surface area contributed by atoms with E-state index in [4.69, 9.17) is 0 Å². The van der Waals surface area contributed by atoms with Gasteiger partial charge in [-0.3, -0.25) is 5.01 Å². The molecule has 0 aliphatic rings. The van der Waals surface area contributed by atoms with Crippen LogP contribution in [0.1, 0.15) is 5.56 Å². The molecule has 0 saturated heterocycles. The molecule has 1 rings (SSSR count). The fraction of sp³-hybridized carbons (Fsp3) is 0.222. The van der Waals surface area contributed by atoms with Gasteiger partial charge in [-0.15, -0.1) is 0 Å². The fourth-order valence-electron chi connectivity index (χ4n) is 0.965. The van der Waals surface area contributed by atoms with Crippen molar-refractivity contribution in [1.82, 2.24) is 0 Å². The highest BCUT2D eigenvalue weighted by molar-refractivity contribution is 5.49. The van der Waals surface area contributed by atoms with E-state index in [1.807, 2.05) is 0 Å². The van der Waals surface area contributed by atoms with Crippen molar-refractivity contribution < 1.29 is 13.2 Å². The summed E-state index contributed by atoms with van der Waals surface area (Å²) >= 11 is 0. The summed E-state index contributed by atoms with van der Waals surface area (Å²) in [5.74, 6) is 0. The number of hydrogen-bond acceptors (Lipinski definition) is 2. The number of benzene rings is 1. The molecule has 0 aromatic heterocycles. The minimum Gasteiger partial charge on any atom is -0.269 e. The maximum absolute atomic E-state index is 12.3. The Morgan fingerprint density at radius 3 is 2.50 bits per heavy atom. The predicted octanol–water partition coefficient (Wildman–Crippen LogP) is 2.76. The second kappa shape index (κ2) is 3.69. The first-order valence-corrected chi connectivity index (χ1v) is 3.83. The molecular formula is C9H9F3N2. The van der Waals surface area contributed by atoms with Crippen LogP contribution in [0.25, 0.3) is 0 Å². The number of alkyl halides is 3. The van der Waals surface area contributed by atoms with Gasteiger partial charge in [-0.2, -0.15) is 18.3 Å². The largest absolute Gasteiger partial charge is 0.416 e. The Morgan fingerprint density at radius 1 is 1.36 bits per heavy atom. The van der Waals surface area contributed by atoms with Crippen LogP contribution in [-0.4, -0.2) is 13.8 Å². The third-order valence-corrected chi connectivity index (χ3v) is 1.76. The minimum atomic E-state index is -4.32. The van der Waals surface area contributed by atoms with Crippen LogP contribution >= 0.6 is 0 Å². The van der Waals surface area contributed by atoms with Gasteiger partial charge in [-0.1, -0.05) is 6.07 Å². The van der Waals surface area contributed by atoms with Crippen LogP contribution in [-0.2, 0) is 6.18 Å². The van der Waals surface area contributed by atoms with Crippen molar-refractivity contribution >= 4 is 12.4 Å². The van der Waals surface area contributed by atoms with Gasteiger partial charge in [-0.25, -0.2) is 0 Å². The molecule has 0 fully saturated rings. The number of halogens is 3. The first kappa shape index (κ1) is 10.6. The average molecular weight is 202 g/mol. The molecule has 14 heavy (non-hydrogen) atoms. The maximum Gasteiger partial charge on any atom is 0.416 e.